The molecule has 2 nitrogen and oxygen atoms in total. The van der Waals surface area contributed by atoms with Crippen LogP contribution in [0.15, 0.2) is 60.7 Å². The lowest BCUT2D eigenvalue weighted by atomic mass is 9.86. The number of para-hydroxylation sites is 2. The van der Waals surface area contributed by atoms with Crippen molar-refractivity contribution in [3.8, 4) is 5.75 Å². The summed E-state index contributed by atoms with van der Waals surface area (Å²) in [4.78, 5) is 0. The quantitative estimate of drug-likeness (QED) is 0.190. The van der Waals surface area contributed by atoms with Gasteiger partial charge in [-0.2, -0.15) is 0 Å². The SMILES string of the molecule is CC(C)(C)c1cccc2c1sc1c(N(I)c3ccccc3OC(F)(F)F)cccc12. The Labute approximate surface area is 190 Å². The van der Waals surface area contributed by atoms with Crippen LogP contribution in [0, 0.1) is 0 Å². The Morgan fingerprint density at radius 2 is 1.40 bits per heavy atom. The van der Waals surface area contributed by atoms with Gasteiger partial charge in [-0.05, 0) is 29.2 Å². The minimum Gasteiger partial charge on any atom is -0.404 e. The van der Waals surface area contributed by atoms with Crippen LogP contribution in [0.3, 0.4) is 0 Å². The highest BCUT2D eigenvalue weighted by atomic mass is 127. The number of nitrogens with zero attached hydrogens (tertiary/aromatic N) is 1. The molecule has 0 atom stereocenters. The van der Waals surface area contributed by atoms with Crippen LogP contribution in [0.4, 0.5) is 24.5 Å². The van der Waals surface area contributed by atoms with E-state index in [1.807, 2.05) is 35.0 Å². The van der Waals surface area contributed by atoms with Crippen LogP contribution in [0.2, 0.25) is 0 Å². The molecule has 0 saturated heterocycles. The second kappa shape index (κ2) is 7.60. The summed E-state index contributed by atoms with van der Waals surface area (Å²) in [5, 5.41) is 2.25. The Kier molecular flexibility index (Phi) is 5.38. The van der Waals surface area contributed by atoms with Crippen molar-refractivity contribution in [1.29, 1.82) is 0 Å². The van der Waals surface area contributed by atoms with Crippen LogP contribution in [-0.2, 0) is 5.41 Å². The number of hydrogen-bond donors (Lipinski definition) is 0. The molecule has 4 aromatic rings. The molecule has 0 bridgehead atoms. The minimum absolute atomic E-state index is 0.0162. The minimum atomic E-state index is -4.75. The highest BCUT2D eigenvalue weighted by Gasteiger charge is 2.33. The molecule has 0 spiro atoms. The van der Waals surface area contributed by atoms with E-state index in [0.717, 1.165) is 21.2 Å². The van der Waals surface area contributed by atoms with Gasteiger partial charge in [0.15, 0.2) is 5.75 Å². The smallest absolute Gasteiger partial charge is 0.404 e. The molecular formula is C23H19F3INOS. The highest BCUT2D eigenvalue weighted by molar-refractivity contribution is 14.1. The molecule has 0 fully saturated rings. The lowest BCUT2D eigenvalue weighted by molar-refractivity contribution is -0.274. The van der Waals surface area contributed by atoms with E-state index in [9.17, 15) is 13.2 Å². The van der Waals surface area contributed by atoms with Crippen LogP contribution in [0.5, 0.6) is 5.75 Å². The molecule has 0 amide bonds. The molecule has 156 valence electrons. The largest absolute Gasteiger partial charge is 0.573 e. The first-order chi connectivity index (χ1) is 14.1. The van der Waals surface area contributed by atoms with Gasteiger partial charge in [-0.25, -0.2) is 0 Å². The second-order valence-electron chi connectivity index (χ2n) is 7.98. The molecular weight excluding hydrogens is 522 g/mol. The van der Waals surface area contributed by atoms with Crippen LogP contribution in [-0.4, -0.2) is 6.36 Å². The van der Waals surface area contributed by atoms with Gasteiger partial charge in [0.2, 0.25) is 0 Å². The number of thiophene rings is 1. The summed E-state index contributed by atoms with van der Waals surface area (Å²) in [7, 11) is 0. The number of rotatable bonds is 3. The van der Waals surface area contributed by atoms with Gasteiger partial charge in [-0.15, -0.1) is 24.5 Å². The zero-order valence-corrected chi connectivity index (χ0v) is 19.5. The molecule has 4 rings (SSSR count). The van der Waals surface area contributed by atoms with Gasteiger partial charge in [0.1, 0.15) is 0 Å². The van der Waals surface area contributed by atoms with Crippen molar-refractivity contribution in [3.05, 3.63) is 66.2 Å². The van der Waals surface area contributed by atoms with E-state index < -0.39 is 6.36 Å². The first-order valence-corrected chi connectivity index (χ1v) is 11.1. The molecule has 0 radical (unpaired) electrons. The first-order valence-electron chi connectivity index (χ1n) is 9.32. The van der Waals surface area contributed by atoms with Crippen molar-refractivity contribution in [3.63, 3.8) is 0 Å². The molecule has 0 saturated carbocycles. The maximum Gasteiger partial charge on any atom is 0.573 e. The molecule has 3 aromatic carbocycles. The molecule has 0 aliphatic rings. The van der Waals surface area contributed by atoms with E-state index >= 15 is 0 Å². The number of hydrogen-bond acceptors (Lipinski definition) is 3. The standard InChI is InChI=1S/C23H19F3INOS/c1-22(2,3)16-10-6-8-14-15-9-7-12-18(21(15)30-20(14)16)28(27)17-11-4-5-13-19(17)29-23(24,25)26/h4-13H,1-3H3. The van der Waals surface area contributed by atoms with Gasteiger partial charge in [0.05, 0.1) is 38.9 Å². The fraction of sp³-hybridized carbons (Fsp3) is 0.217. The molecule has 0 aliphatic heterocycles. The van der Waals surface area contributed by atoms with E-state index in [1.54, 1.807) is 26.6 Å². The normalized spacial score (nSPS) is 12.5. The van der Waals surface area contributed by atoms with Gasteiger partial charge in [-0.1, -0.05) is 63.2 Å². The number of ether oxygens (including phenoxy) is 1. The summed E-state index contributed by atoms with van der Waals surface area (Å²) in [6.07, 6.45) is -4.75. The summed E-state index contributed by atoms with van der Waals surface area (Å²) in [6.45, 7) is 6.55. The van der Waals surface area contributed by atoms with E-state index in [1.165, 1.54) is 22.4 Å². The topological polar surface area (TPSA) is 12.5 Å². The summed E-state index contributed by atoms with van der Waals surface area (Å²) < 4.78 is 46.9. The van der Waals surface area contributed by atoms with E-state index in [4.69, 9.17) is 0 Å². The van der Waals surface area contributed by atoms with E-state index in [0.29, 0.717) is 5.69 Å². The number of benzene rings is 3. The van der Waals surface area contributed by atoms with E-state index in [-0.39, 0.29) is 11.2 Å². The zero-order valence-electron chi connectivity index (χ0n) is 16.5. The number of halogens is 4. The molecule has 1 aromatic heterocycles. The predicted molar refractivity (Wildman–Crippen MR) is 127 cm³/mol. The Balaban J connectivity index is 1.91. The number of alkyl halides is 3. The number of fused-ring (bicyclic) bond motifs is 3. The Morgan fingerprint density at radius 3 is 2.07 bits per heavy atom. The molecule has 0 aliphatic carbocycles. The Morgan fingerprint density at radius 1 is 0.800 bits per heavy atom. The van der Waals surface area contributed by atoms with Crippen LogP contribution in [0.25, 0.3) is 20.2 Å². The van der Waals surface area contributed by atoms with Gasteiger partial charge in [-0.3, -0.25) is 3.11 Å². The fourth-order valence-electron chi connectivity index (χ4n) is 3.51. The molecule has 0 N–H and O–H groups in total. The summed E-state index contributed by atoms with van der Waals surface area (Å²) >= 11 is 3.71. The number of anilines is 2. The van der Waals surface area contributed by atoms with Crippen molar-refractivity contribution in [1.82, 2.24) is 0 Å². The van der Waals surface area contributed by atoms with Gasteiger partial charge >= 0.3 is 6.36 Å². The predicted octanol–water partition coefficient (Wildman–Crippen LogP) is 8.74. The van der Waals surface area contributed by atoms with Crippen LogP contribution in [0.1, 0.15) is 26.3 Å². The lowest BCUT2D eigenvalue weighted by Crippen LogP contribution is -2.18. The fourth-order valence-corrected chi connectivity index (χ4v) is 6.00. The van der Waals surface area contributed by atoms with Crippen molar-refractivity contribution in [2.75, 3.05) is 3.11 Å². The summed E-state index contributed by atoms with van der Waals surface area (Å²) in [5.41, 5.74) is 2.41. The van der Waals surface area contributed by atoms with Crippen LogP contribution < -0.4 is 7.85 Å². The average molecular weight is 541 g/mol. The highest BCUT2D eigenvalue weighted by Crippen LogP contribution is 2.47. The molecule has 0 unspecified atom stereocenters. The zero-order chi connectivity index (χ0) is 21.7. The molecule has 30 heavy (non-hydrogen) atoms. The van der Waals surface area contributed by atoms with Crippen LogP contribution >= 0.6 is 34.2 Å². The maximum atomic E-state index is 12.9. The molecule has 1 heterocycles. The second-order valence-corrected chi connectivity index (χ2v) is 9.97. The average Bonchev–Trinajstić information content (AvgIpc) is 3.04. The van der Waals surface area contributed by atoms with Crippen molar-refractivity contribution < 1.29 is 17.9 Å². The van der Waals surface area contributed by atoms with Crippen molar-refractivity contribution in [2.45, 2.75) is 32.5 Å². The first kappa shape index (κ1) is 21.2. The summed E-state index contributed by atoms with van der Waals surface area (Å²) in [6, 6.07) is 18.4. The monoisotopic (exact) mass is 541 g/mol. The molecule has 7 heteroatoms. The van der Waals surface area contributed by atoms with Gasteiger partial charge in [0, 0.05) is 15.5 Å². The third kappa shape index (κ3) is 3.97. The van der Waals surface area contributed by atoms with E-state index in [2.05, 4.69) is 49.8 Å². The Hall–Kier alpha value is -2.00. The van der Waals surface area contributed by atoms with Crippen molar-refractivity contribution >= 4 is 65.7 Å². The van der Waals surface area contributed by atoms with Crippen molar-refractivity contribution in [2.24, 2.45) is 0 Å². The third-order valence-corrected chi connectivity index (χ3v) is 7.14. The Bertz CT molecular complexity index is 1230. The summed E-state index contributed by atoms with van der Waals surface area (Å²) in [5.74, 6) is -0.229. The van der Waals surface area contributed by atoms with Gasteiger partial charge in [0.25, 0.3) is 0 Å². The lowest BCUT2D eigenvalue weighted by Gasteiger charge is -2.21. The maximum absolute atomic E-state index is 12.9. The third-order valence-electron chi connectivity index (χ3n) is 4.83. The van der Waals surface area contributed by atoms with Gasteiger partial charge < -0.3 is 4.74 Å².